The maximum absolute atomic E-state index is 8.78. The molecule has 1 aromatic rings. The molecule has 2 unspecified atom stereocenters. The summed E-state index contributed by atoms with van der Waals surface area (Å²) in [5, 5.41) is 8.79. The van der Waals surface area contributed by atoms with Gasteiger partial charge in [-0.2, -0.15) is 0 Å². The highest BCUT2D eigenvalue weighted by atomic mass is 32.2. The number of benzene rings is 1. The molecule has 0 bridgehead atoms. The fourth-order valence-electron chi connectivity index (χ4n) is 2.36. The van der Waals surface area contributed by atoms with Crippen LogP contribution in [-0.4, -0.2) is 21.7 Å². The molecule has 0 spiro atoms. The fourth-order valence-corrected chi connectivity index (χ4v) is 3.39. The first-order valence-corrected chi connectivity index (χ1v) is 6.29. The lowest BCUT2D eigenvalue weighted by Crippen LogP contribution is -2.13. The van der Waals surface area contributed by atoms with Crippen LogP contribution in [0, 0.1) is 0 Å². The third-order valence-electron chi connectivity index (χ3n) is 3.06. The van der Waals surface area contributed by atoms with Gasteiger partial charge in [0.1, 0.15) is 0 Å². The van der Waals surface area contributed by atoms with Crippen LogP contribution in [0.1, 0.15) is 11.1 Å². The van der Waals surface area contributed by atoms with E-state index in [4.69, 9.17) is 9.90 Å². The van der Waals surface area contributed by atoms with E-state index >= 15 is 0 Å². The van der Waals surface area contributed by atoms with Crippen LogP contribution in [-0.2, 0) is 0 Å². The molecule has 3 N–H and O–H groups in total. The van der Waals surface area contributed by atoms with Gasteiger partial charge in [-0.05, 0) is 22.3 Å². The van der Waals surface area contributed by atoms with Crippen LogP contribution in [0.4, 0.5) is 4.79 Å². The Labute approximate surface area is 103 Å². The summed E-state index contributed by atoms with van der Waals surface area (Å²) in [7, 11) is 0. The molecule has 17 heavy (non-hydrogen) atoms. The highest BCUT2D eigenvalue weighted by Gasteiger charge is 2.46. The van der Waals surface area contributed by atoms with Crippen molar-refractivity contribution in [2.45, 2.75) is 10.5 Å². The summed E-state index contributed by atoms with van der Waals surface area (Å²) in [6, 6.07) is 8.75. The quantitative estimate of drug-likeness (QED) is 0.690. The lowest BCUT2D eigenvalue weighted by Gasteiger charge is -2.27. The number of carboxylic acid groups (broad SMARTS) is 1. The Bertz CT molecular complexity index is 558. The molecule has 86 valence electrons. The lowest BCUT2D eigenvalue weighted by molar-refractivity contribution is 0.205. The molecule has 1 amide bonds. The number of allylic oxidation sites excluding steroid dienone is 2. The standard InChI is InChI=1S/C12H8S.CH3NO2/c1-2-4-8-7(3-1)9-5-6-10-12(13-10)11(8)9;2-1(3)4/h1-6,10,12H;2H2,(H,3,4). The summed E-state index contributed by atoms with van der Waals surface area (Å²) in [5.74, 6) is 0. The van der Waals surface area contributed by atoms with Crippen molar-refractivity contribution < 1.29 is 9.90 Å². The van der Waals surface area contributed by atoms with Crippen LogP contribution < -0.4 is 5.73 Å². The first-order valence-electron chi connectivity index (χ1n) is 5.34. The Balaban J connectivity index is 0.000000201. The number of hydrogen-bond donors (Lipinski definition) is 2. The Morgan fingerprint density at radius 1 is 1.29 bits per heavy atom. The minimum absolute atomic E-state index is 0.798. The molecule has 1 fully saturated rings. The van der Waals surface area contributed by atoms with E-state index in [0.717, 1.165) is 10.5 Å². The SMILES string of the molecule is C1=CC2SC2C2=C1c1ccccc12.NC(=O)O. The zero-order valence-electron chi connectivity index (χ0n) is 8.96. The van der Waals surface area contributed by atoms with Gasteiger partial charge in [-0.15, -0.1) is 11.8 Å². The van der Waals surface area contributed by atoms with Crippen molar-refractivity contribution in [3.63, 3.8) is 0 Å². The molecule has 4 heteroatoms. The van der Waals surface area contributed by atoms with Gasteiger partial charge in [-0.1, -0.05) is 36.4 Å². The van der Waals surface area contributed by atoms with Crippen LogP contribution >= 0.6 is 11.8 Å². The smallest absolute Gasteiger partial charge is 0.402 e. The van der Waals surface area contributed by atoms with E-state index in [9.17, 15) is 0 Å². The van der Waals surface area contributed by atoms with Gasteiger partial charge >= 0.3 is 6.09 Å². The predicted octanol–water partition coefficient (Wildman–Crippen LogP) is 2.59. The zero-order chi connectivity index (χ0) is 12.0. The van der Waals surface area contributed by atoms with Gasteiger partial charge < -0.3 is 10.8 Å². The third-order valence-corrected chi connectivity index (χ3v) is 4.31. The molecule has 1 heterocycles. The molecule has 3 aliphatic rings. The number of rotatable bonds is 0. The molecule has 2 atom stereocenters. The number of thioether (sulfide) groups is 1. The van der Waals surface area contributed by atoms with Crippen molar-refractivity contribution in [1.29, 1.82) is 0 Å². The van der Waals surface area contributed by atoms with Crippen molar-refractivity contribution in [2.75, 3.05) is 0 Å². The van der Waals surface area contributed by atoms with Gasteiger partial charge in [0.2, 0.25) is 0 Å². The third kappa shape index (κ3) is 1.65. The largest absolute Gasteiger partial charge is 0.465 e. The average Bonchev–Trinajstić information content (AvgIpc) is 3.01. The molecule has 3 nitrogen and oxygen atoms in total. The van der Waals surface area contributed by atoms with E-state index < -0.39 is 6.09 Å². The first-order chi connectivity index (χ1) is 8.18. The number of fused-ring (bicyclic) bond motifs is 5. The summed E-state index contributed by atoms with van der Waals surface area (Å²) < 4.78 is 0. The molecule has 1 saturated heterocycles. The number of primary amides is 1. The highest BCUT2D eigenvalue weighted by Crippen LogP contribution is 2.60. The number of hydrogen-bond acceptors (Lipinski definition) is 2. The second-order valence-corrected chi connectivity index (χ2v) is 5.42. The van der Waals surface area contributed by atoms with Crippen molar-refractivity contribution in [3.05, 3.63) is 47.5 Å². The van der Waals surface area contributed by atoms with Crippen LogP contribution in [0.2, 0.25) is 0 Å². The van der Waals surface area contributed by atoms with Gasteiger partial charge in [-0.3, -0.25) is 0 Å². The fraction of sp³-hybridized carbons (Fsp3) is 0.154. The maximum Gasteiger partial charge on any atom is 0.402 e. The molecular weight excluding hydrogens is 234 g/mol. The first kappa shape index (κ1) is 10.5. The predicted molar refractivity (Wildman–Crippen MR) is 69.8 cm³/mol. The summed E-state index contributed by atoms with van der Waals surface area (Å²) >= 11 is 2.08. The van der Waals surface area contributed by atoms with E-state index in [1.807, 2.05) is 0 Å². The number of carbonyl (C=O) groups is 1. The Morgan fingerprint density at radius 2 is 1.94 bits per heavy atom. The van der Waals surface area contributed by atoms with Gasteiger partial charge in [0.05, 0.1) is 0 Å². The number of amides is 1. The van der Waals surface area contributed by atoms with Crippen molar-refractivity contribution in [2.24, 2.45) is 5.73 Å². The Morgan fingerprint density at radius 3 is 2.65 bits per heavy atom. The van der Waals surface area contributed by atoms with Crippen LogP contribution in [0.25, 0.3) is 11.1 Å². The van der Waals surface area contributed by atoms with E-state index in [1.54, 1.807) is 5.57 Å². The summed E-state index contributed by atoms with van der Waals surface area (Å²) in [4.78, 5) is 8.78. The van der Waals surface area contributed by atoms with Crippen LogP contribution in [0.15, 0.2) is 36.4 Å². The molecule has 1 aliphatic heterocycles. The molecule has 0 aromatic heterocycles. The Hall–Kier alpha value is -1.68. The summed E-state index contributed by atoms with van der Waals surface area (Å²) in [6.45, 7) is 0. The van der Waals surface area contributed by atoms with Crippen LogP contribution in [0.5, 0.6) is 0 Å². The molecular formula is C13H11NO2S. The van der Waals surface area contributed by atoms with Crippen molar-refractivity contribution >= 4 is 29.0 Å². The van der Waals surface area contributed by atoms with Crippen molar-refractivity contribution in [1.82, 2.24) is 0 Å². The second-order valence-electron chi connectivity index (χ2n) is 4.09. The minimum atomic E-state index is -1.33. The zero-order valence-corrected chi connectivity index (χ0v) is 9.78. The minimum Gasteiger partial charge on any atom is -0.465 e. The van der Waals surface area contributed by atoms with Gasteiger partial charge in [0, 0.05) is 10.5 Å². The highest BCUT2D eigenvalue weighted by molar-refractivity contribution is 8.08. The molecule has 1 aromatic carbocycles. The van der Waals surface area contributed by atoms with E-state index in [0.29, 0.717) is 0 Å². The topological polar surface area (TPSA) is 63.3 Å². The summed E-state index contributed by atoms with van der Waals surface area (Å²) in [6.07, 6.45) is 3.32. The lowest BCUT2D eigenvalue weighted by atomic mass is 9.76. The van der Waals surface area contributed by atoms with E-state index in [-0.39, 0.29) is 0 Å². The van der Waals surface area contributed by atoms with Crippen molar-refractivity contribution in [3.8, 4) is 0 Å². The van der Waals surface area contributed by atoms with Gasteiger partial charge in [0.25, 0.3) is 0 Å². The molecule has 0 saturated carbocycles. The van der Waals surface area contributed by atoms with E-state index in [2.05, 4.69) is 53.9 Å². The molecule has 0 radical (unpaired) electrons. The molecule has 4 rings (SSSR count). The van der Waals surface area contributed by atoms with E-state index in [1.165, 1.54) is 16.7 Å². The average molecular weight is 245 g/mol. The van der Waals surface area contributed by atoms with Gasteiger partial charge in [-0.25, -0.2) is 4.79 Å². The summed E-state index contributed by atoms with van der Waals surface area (Å²) in [5.41, 5.74) is 10.1. The Kier molecular flexibility index (Phi) is 2.26. The second kappa shape index (κ2) is 3.67. The molecule has 2 aliphatic carbocycles. The monoisotopic (exact) mass is 245 g/mol. The number of nitrogens with two attached hydrogens (primary N) is 1. The normalized spacial score (nSPS) is 25.6. The van der Waals surface area contributed by atoms with Crippen LogP contribution in [0.3, 0.4) is 0 Å². The maximum atomic E-state index is 8.78. The van der Waals surface area contributed by atoms with Gasteiger partial charge in [0.15, 0.2) is 0 Å².